The molecule has 1 fully saturated rings. The molecule has 0 aliphatic carbocycles. The van der Waals surface area contributed by atoms with Crippen molar-refractivity contribution >= 4 is 25.7 Å². The summed E-state index contributed by atoms with van der Waals surface area (Å²) >= 11 is 0. The molecule has 0 saturated carbocycles. The van der Waals surface area contributed by atoms with Crippen molar-refractivity contribution < 1.29 is 27.1 Å². The van der Waals surface area contributed by atoms with E-state index in [4.69, 9.17) is 20.2 Å². The third kappa shape index (κ3) is 3.68. The Morgan fingerprint density at radius 2 is 2.00 bits per heavy atom. The van der Waals surface area contributed by atoms with Crippen molar-refractivity contribution in [1.29, 1.82) is 0 Å². The Balaban J connectivity index is 2.18. The van der Waals surface area contributed by atoms with Gasteiger partial charge in [0.05, 0.1) is 18.8 Å². The van der Waals surface area contributed by atoms with Gasteiger partial charge in [-0.25, -0.2) is 17.6 Å². The van der Waals surface area contributed by atoms with E-state index < -0.39 is 25.7 Å². The second kappa shape index (κ2) is 6.07. The van der Waals surface area contributed by atoms with Gasteiger partial charge in [0.1, 0.15) is 16.8 Å². The van der Waals surface area contributed by atoms with Crippen LogP contribution < -0.4 is 0 Å². The summed E-state index contributed by atoms with van der Waals surface area (Å²) in [6.07, 6.45) is 0.874. The zero-order valence-corrected chi connectivity index (χ0v) is 11.9. The normalized spacial score (nSPS) is 16.9. The van der Waals surface area contributed by atoms with E-state index in [0.29, 0.717) is 26.1 Å². The van der Waals surface area contributed by atoms with Crippen molar-refractivity contribution in [2.75, 3.05) is 13.2 Å². The highest BCUT2D eigenvalue weighted by atomic mass is 35.7. The van der Waals surface area contributed by atoms with Gasteiger partial charge in [-0.15, -0.1) is 0 Å². The highest BCUT2D eigenvalue weighted by Crippen LogP contribution is 2.21. The monoisotopic (exact) mass is 322 g/mol. The molecule has 0 spiro atoms. The molecule has 2 rings (SSSR count). The maximum absolute atomic E-state index is 13.4. The average Bonchev–Trinajstić information content (AvgIpc) is 2.39. The zero-order valence-electron chi connectivity index (χ0n) is 10.3. The van der Waals surface area contributed by atoms with Gasteiger partial charge in [0.25, 0.3) is 9.05 Å². The molecule has 0 unspecified atom stereocenters. The molecule has 1 aliphatic heterocycles. The van der Waals surface area contributed by atoms with E-state index in [2.05, 4.69) is 0 Å². The molecule has 20 heavy (non-hydrogen) atoms. The van der Waals surface area contributed by atoms with E-state index in [1.807, 2.05) is 0 Å². The Morgan fingerprint density at radius 3 is 2.60 bits per heavy atom. The summed E-state index contributed by atoms with van der Waals surface area (Å²) in [6.45, 7) is 1.01. The van der Waals surface area contributed by atoms with Crippen LogP contribution in [0.3, 0.4) is 0 Å². The van der Waals surface area contributed by atoms with E-state index in [1.54, 1.807) is 0 Å². The van der Waals surface area contributed by atoms with Crippen LogP contribution in [-0.2, 0) is 18.5 Å². The largest absolute Gasteiger partial charge is 0.459 e. The van der Waals surface area contributed by atoms with Crippen molar-refractivity contribution in [2.24, 2.45) is 0 Å². The SMILES string of the molecule is O=C(OC1CCOCC1)c1ccc(F)c(S(=O)(=O)Cl)c1. The van der Waals surface area contributed by atoms with Gasteiger partial charge in [-0.2, -0.15) is 0 Å². The van der Waals surface area contributed by atoms with Crippen LogP contribution in [0, 0.1) is 5.82 Å². The first kappa shape index (κ1) is 15.2. The molecule has 1 saturated heterocycles. The average molecular weight is 323 g/mol. The molecule has 0 radical (unpaired) electrons. The van der Waals surface area contributed by atoms with Gasteiger partial charge in [-0.05, 0) is 18.2 Å². The fourth-order valence-electron chi connectivity index (χ4n) is 1.83. The Kier molecular flexibility index (Phi) is 4.62. The van der Waals surface area contributed by atoms with Crippen LogP contribution in [-0.4, -0.2) is 33.7 Å². The summed E-state index contributed by atoms with van der Waals surface area (Å²) in [4.78, 5) is 11.1. The number of benzene rings is 1. The first-order valence-corrected chi connectivity index (χ1v) is 8.22. The maximum atomic E-state index is 13.4. The lowest BCUT2D eigenvalue weighted by atomic mass is 10.1. The first-order chi connectivity index (χ1) is 9.38. The lowest BCUT2D eigenvalue weighted by Crippen LogP contribution is -2.26. The fraction of sp³-hybridized carbons (Fsp3) is 0.417. The molecule has 1 aliphatic rings. The first-order valence-electron chi connectivity index (χ1n) is 5.91. The minimum Gasteiger partial charge on any atom is -0.459 e. The molecule has 1 aromatic rings. The molecule has 110 valence electrons. The molecule has 0 amide bonds. The van der Waals surface area contributed by atoms with Crippen LogP contribution in [0.5, 0.6) is 0 Å². The van der Waals surface area contributed by atoms with Gasteiger partial charge < -0.3 is 9.47 Å². The predicted molar refractivity (Wildman–Crippen MR) is 68.7 cm³/mol. The standard InChI is InChI=1S/C12H12ClFO5S/c13-20(16,17)11-7-8(1-2-10(11)14)12(15)19-9-3-5-18-6-4-9/h1-2,7,9H,3-6H2. The number of carbonyl (C=O) groups excluding carboxylic acids is 1. The van der Waals surface area contributed by atoms with Gasteiger partial charge in [-0.1, -0.05) is 0 Å². The number of hydrogen-bond acceptors (Lipinski definition) is 5. The second-order valence-electron chi connectivity index (χ2n) is 4.30. The lowest BCUT2D eigenvalue weighted by Gasteiger charge is -2.22. The van der Waals surface area contributed by atoms with Gasteiger partial charge in [0.2, 0.25) is 0 Å². The number of rotatable bonds is 3. The molecule has 0 atom stereocenters. The van der Waals surface area contributed by atoms with Crippen LogP contribution in [0.2, 0.25) is 0 Å². The molecule has 0 N–H and O–H groups in total. The third-order valence-electron chi connectivity index (χ3n) is 2.87. The summed E-state index contributed by atoms with van der Waals surface area (Å²) in [7, 11) is 0.843. The number of ether oxygens (including phenoxy) is 2. The van der Waals surface area contributed by atoms with E-state index in [1.165, 1.54) is 0 Å². The quantitative estimate of drug-likeness (QED) is 0.629. The number of halogens is 2. The van der Waals surface area contributed by atoms with Gasteiger partial charge in [0.15, 0.2) is 0 Å². The number of carbonyl (C=O) groups is 1. The molecular weight excluding hydrogens is 311 g/mol. The van der Waals surface area contributed by atoms with Gasteiger partial charge in [0, 0.05) is 23.5 Å². The van der Waals surface area contributed by atoms with Crippen molar-refractivity contribution in [3.8, 4) is 0 Å². The second-order valence-corrected chi connectivity index (χ2v) is 6.83. The predicted octanol–water partition coefficient (Wildman–Crippen LogP) is 2.09. The maximum Gasteiger partial charge on any atom is 0.338 e. The molecule has 1 aromatic carbocycles. The van der Waals surface area contributed by atoms with Crippen LogP contribution in [0.25, 0.3) is 0 Å². The zero-order chi connectivity index (χ0) is 14.8. The molecular formula is C12H12ClFO5S. The summed E-state index contributed by atoms with van der Waals surface area (Å²) in [5.74, 6) is -1.72. The van der Waals surface area contributed by atoms with Crippen LogP contribution in [0.15, 0.2) is 23.1 Å². The Bertz CT molecular complexity index is 610. The highest BCUT2D eigenvalue weighted by Gasteiger charge is 2.22. The molecule has 5 nitrogen and oxygen atoms in total. The molecule has 8 heteroatoms. The van der Waals surface area contributed by atoms with E-state index >= 15 is 0 Å². The Morgan fingerprint density at radius 1 is 1.35 bits per heavy atom. The number of esters is 1. The van der Waals surface area contributed by atoms with Crippen molar-refractivity contribution in [3.63, 3.8) is 0 Å². The lowest BCUT2D eigenvalue weighted by molar-refractivity contribution is -0.0159. The molecule has 1 heterocycles. The topological polar surface area (TPSA) is 69.7 Å². The smallest absolute Gasteiger partial charge is 0.338 e. The van der Waals surface area contributed by atoms with E-state index in [9.17, 15) is 17.6 Å². The van der Waals surface area contributed by atoms with Crippen LogP contribution in [0.1, 0.15) is 23.2 Å². The van der Waals surface area contributed by atoms with Crippen molar-refractivity contribution in [2.45, 2.75) is 23.8 Å². The van der Waals surface area contributed by atoms with Gasteiger partial charge in [-0.3, -0.25) is 0 Å². The molecule has 0 bridgehead atoms. The Labute approximate surface area is 120 Å². The minimum absolute atomic E-state index is 0.0582. The van der Waals surface area contributed by atoms with Crippen molar-refractivity contribution in [3.05, 3.63) is 29.6 Å². The summed E-state index contributed by atoms with van der Waals surface area (Å²) in [5, 5.41) is 0. The van der Waals surface area contributed by atoms with Crippen molar-refractivity contribution in [1.82, 2.24) is 0 Å². The van der Waals surface area contributed by atoms with Crippen LogP contribution >= 0.6 is 10.7 Å². The summed E-state index contributed by atoms with van der Waals surface area (Å²) in [5.41, 5.74) is -0.0582. The Hall–Kier alpha value is -1.18. The fourth-order valence-corrected chi connectivity index (χ4v) is 2.75. The summed E-state index contributed by atoms with van der Waals surface area (Å²) in [6, 6.07) is 2.90. The summed E-state index contributed by atoms with van der Waals surface area (Å²) < 4.78 is 46.0. The minimum atomic E-state index is -4.25. The highest BCUT2D eigenvalue weighted by molar-refractivity contribution is 8.13. The number of hydrogen-bond donors (Lipinski definition) is 0. The van der Waals surface area contributed by atoms with Crippen LogP contribution in [0.4, 0.5) is 4.39 Å². The van der Waals surface area contributed by atoms with E-state index in [0.717, 1.165) is 18.2 Å². The molecule has 0 aromatic heterocycles. The van der Waals surface area contributed by atoms with E-state index in [-0.39, 0.29) is 11.7 Å². The van der Waals surface area contributed by atoms with Gasteiger partial charge >= 0.3 is 5.97 Å². The third-order valence-corrected chi connectivity index (χ3v) is 4.21.